The van der Waals surface area contributed by atoms with Gasteiger partial charge >= 0.3 is 11.7 Å². The molecule has 1 aromatic heterocycles. The number of hydrogen-bond donors (Lipinski definition) is 4. The van der Waals surface area contributed by atoms with Crippen LogP contribution in [0.15, 0.2) is 35.3 Å². The van der Waals surface area contributed by atoms with E-state index in [9.17, 15) is 14.4 Å². The minimum absolute atomic E-state index is 0.138. The van der Waals surface area contributed by atoms with Crippen molar-refractivity contribution in [1.82, 2.24) is 24.7 Å². The van der Waals surface area contributed by atoms with E-state index in [1.54, 1.807) is 35.9 Å². The molecule has 1 aromatic carbocycles. The molecule has 3 amide bonds. The van der Waals surface area contributed by atoms with Crippen molar-refractivity contribution >= 4 is 17.8 Å². The predicted molar refractivity (Wildman–Crippen MR) is 150 cm³/mol. The molecular formula is C28H40N8O3. The Kier molecular flexibility index (Phi) is 7.75. The first-order chi connectivity index (χ1) is 18.6. The molecule has 11 nitrogen and oxygen atoms in total. The maximum absolute atomic E-state index is 12.9. The van der Waals surface area contributed by atoms with E-state index >= 15 is 0 Å². The first-order valence-electron chi connectivity index (χ1n) is 13.9. The molecule has 0 spiro atoms. The minimum atomic E-state index is -0.944. The van der Waals surface area contributed by atoms with Gasteiger partial charge in [-0.25, -0.2) is 9.59 Å². The smallest absolute Gasteiger partial charge is 0.338 e. The fourth-order valence-electron chi connectivity index (χ4n) is 5.91. The van der Waals surface area contributed by atoms with E-state index in [2.05, 4.69) is 27.8 Å². The van der Waals surface area contributed by atoms with Crippen LogP contribution in [0.3, 0.4) is 0 Å². The summed E-state index contributed by atoms with van der Waals surface area (Å²) < 4.78 is 1.50. The van der Waals surface area contributed by atoms with Gasteiger partial charge in [-0.05, 0) is 81.7 Å². The van der Waals surface area contributed by atoms with E-state index in [0.717, 1.165) is 44.2 Å². The molecule has 2 aliphatic carbocycles. The summed E-state index contributed by atoms with van der Waals surface area (Å²) in [6.07, 6.45) is 7.95. The molecule has 39 heavy (non-hydrogen) atoms. The highest BCUT2D eigenvalue weighted by Crippen LogP contribution is 2.26. The molecule has 1 saturated carbocycles. The van der Waals surface area contributed by atoms with E-state index in [1.807, 2.05) is 6.07 Å². The van der Waals surface area contributed by atoms with E-state index in [-0.39, 0.29) is 17.8 Å². The Morgan fingerprint density at radius 2 is 1.74 bits per heavy atom. The standard InChI is InChI=1S/C28H40N8O3/c1-28(2,30)25(37)34-11-13-35(14-12-34)26(38)32-24-9-10-36(27(39)33-24)23-8-4-18-15-21(6-3-19(18)16-23)31-22-7-5-20(29)17-22/h4,8-10,16,20-22,31H,3,5-7,11-15,17,29-30H2,1-2H3,(H,32,33,38,39)/t20-,21?,22-/m0/s1. The van der Waals surface area contributed by atoms with Gasteiger partial charge in [0.25, 0.3) is 0 Å². The van der Waals surface area contributed by atoms with Gasteiger partial charge in [0.15, 0.2) is 0 Å². The fourth-order valence-corrected chi connectivity index (χ4v) is 5.91. The lowest BCUT2D eigenvalue weighted by atomic mass is 9.87. The monoisotopic (exact) mass is 536 g/mol. The number of carbonyl (C=O) groups is 2. The first-order valence-corrected chi connectivity index (χ1v) is 13.9. The minimum Gasteiger partial charge on any atom is -0.338 e. The Morgan fingerprint density at radius 3 is 2.41 bits per heavy atom. The van der Waals surface area contributed by atoms with Crippen LogP contribution in [-0.4, -0.2) is 81.1 Å². The molecule has 2 fully saturated rings. The highest BCUT2D eigenvalue weighted by molar-refractivity contribution is 5.89. The van der Waals surface area contributed by atoms with Crippen molar-refractivity contribution in [1.29, 1.82) is 0 Å². The lowest BCUT2D eigenvalue weighted by Crippen LogP contribution is -2.58. The predicted octanol–water partition coefficient (Wildman–Crippen LogP) is 0.973. The van der Waals surface area contributed by atoms with Gasteiger partial charge in [0.1, 0.15) is 5.82 Å². The average Bonchev–Trinajstić information content (AvgIpc) is 3.32. The highest BCUT2D eigenvalue weighted by Gasteiger charge is 2.31. The van der Waals surface area contributed by atoms with Gasteiger partial charge < -0.3 is 26.6 Å². The molecule has 1 aliphatic heterocycles. The Balaban J connectivity index is 1.18. The zero-order chi connectivity index (χ0) is 27.7. The molecule has 5 rings (SSSR count). The number of nitrogens with zero attached hydrogens (tertiary/aromatic N) is 4. The summed E-state index contributed by atoms with van der Waals surface area (Å²) in [6.45, 7) is 4.92. The number of urea groups is 1. The van der Waals surface area contributed by atoms with E-state index in [4.69, 9.17) is 11.5 Å². The fraction of sp³-hybridized carbons (Fsp3) is 0.571. The molecule has 0 radical (unpaired) electrons. The second kappa shape index (κ2) is 11.1. The van der Waals surface area contributed by atoms with E-state index in [1.165, 1.54) is 15.7 Å². The van der Waals surface area contributed by atoms with Crippen molar-refractivity contribution in [3.63, 3.8) is 0 Å². The third kappa shape index (κ3) is 6.32. The van der Waals surface area contributed by atoms with Gasteiger partial charge in [-0.15, -0.1) is 0 Å². The summed E-state index contributed by atoms with van der Waals surface area (Å²) in [5.74, 6) is 0.0575. The number of piperazine rings is 1. The largest absolute Gasteiger partial charge is 0.354 e. The van der Waals surface area contributed by atoms with Crippen LogP contribution in [-0.2, 0) is 17.6 Å². The van der Waals surface area contributed by atoms with Crippen LogP contribution in [0.5, 0.6) is 0 Å². The molecule has 0 bridgehead atoms. The van der Waals surface area contributed by atoms with Crippen molar-refractivity contribution in [3.05, 3.63) is 52.1 Å². The normalized spacial score (nSPS) is 23.4. The van der Waals surface area contributed by atoms with Crippen LogP contribution in [0.2, 0.25) is 0 Å². The van der Waals surface area contributed by atoms with Gasteiger partial charge in [0.2, 0.25) is 5.91 Å². The van der Waals surface area contributed by atoms with Crippen molar-refractivity contribution in [2.45, 2.75) is 76.0 Å². The maximum Gasteiger partial charge on any atom is 0.354 e. The Hall–Kier alpha value is -3.28. The summed E-state index contributed by atoms with van der Waals surface area (Å²) in [6, 6.07) is 8.71. The summed E-state index contributed by atoms with van der Waals surface area (Å²) >= 11 is 0. The van der Waals surface area contributed by atoms with E-state index < -0.39 is 11.2 Å². The molecule has 210 valence electrons. The van der Waals surface area contributed by atoms with Crippen LogP contribution in [0.4, 0.5) is 10.6 Å². The molecule has 1 saturated heterocycles. The molecular weight excluding hydrogens is 496 g/mol. The topological polar surface area (TPSA) is 152 Å². The summed E-state index contributed by atoms with van der Waals surface area (Å²) in [7, 11) is 0. The number of hydrogen-bond acceptors (Lipinski definition) is 7. The molecule has 1 unspecified atom stereocenters. The van der Waals surface area contributed by atoms with Crippen molar-refractivity contribution in [2.24, 2.45) is 11.5 Å². The number of rotatable bonds is 5. The number of nitrogens with one attached hydrogen (secondary N) is 2. The lowest BCUT2D eigenvalue weighted by Gasteiger charge is -2.37. The van der Waals surface area contributed by atoms with Crippen molar-refractivity contribution in [3.8, 4) is 5.69 Å². The van der Waals surface area contributed by atoms with Crippen molar-refractivity contribution < 1.29 is 9.59 Å². The molecule has 2 aromatic rings. The molecule has 3 aliphatic rings. The number of benzene rings is 1. The molecule has 6 N–H and O–H groups in total. The maximum atomic E-state index is 12.9. The SMILES string of the molecule is CC(C)(N)C(=O)N1CCN(C(=O)Nc2ccn(-c3ccc4c(c3)CCC(N[C@H]3CC[C@H](N)C3)C4)c(=O)n2)CC1. The number of anilines is 1. The second-order valence-electron chi connectivity index (χ2n) is 11.7. The number of aromatic nitrogens is 2. The Labute approximate surface area is 228 Å². The lowest BCUT2D eigenvalue weighted by molar-refractivity contribution is -0.137. The molecule has 2 heterocycles. The number of carbonyl (C=O) groups excluding carboxylic acids is 2. The first kappa shape index (κ1) is 27.3. The Morgan fingerprint density at radius 1 is 1.00 bits per heavy atom. The zero-order valence-electron chi connectivity index (χ0n) is 22.9. The van der Waals surface area contributed by atoms with Gasteiger partial charge in [0, 0.05) is 50.5 Å². The van der Waals surface area contributed by atoms with Crippen molar-refractivity contribution in [2.75, 3.05) is 31.5 Å². The van der Waals surface area contributed by atoms with Gasteiger partial charge in [-0.3, -0.25) is 14.7 Å². The number of aryl methyl sites for hydroxylation is 1. The highest BCUT2D eigenvalue weighted by atomic mass is 16.2. The number of nitrogens with two attached hydrogens (primary N) is 2. The van der Waals surface area contributed by atoms with Crippen LogP contribution < -0.4 is 27.8 Å². The Bertz CT molecular complexity index is 1280. The summed E-state index contributed by atoms with van der Waals surface area (Å²) in [4.78, 5) is 45.3. The number of fused-ring (bicyclic) bond motifs is 1. The second-order valence-corrected chi connectivity index (χ2v) is 11.7. The van der Waals surface area contributed by atoms with Crippen LogP contribution in [0, 0.1) is 0 Å². The van der Waals surface area contributed by atoms with Crippen LogP contribution in [0.25, 0.3) is 5.69 Å². The third-order valence-electron chi connectivity index (χ3n) is 8.09. The zero-order valence-corrected chi connectivity index (χ0v) is 22.9. The average molecular weight is 537 g/mol. The third-order valence-corrected chi connectivity index (χ3v) is 8.09. The quantitative estimate of drug-likeness (QED) is 0.444. The molecule has 3 atom stereocenters. The van der Waals surface area contributed by atoms with Gasteiger partial charge in [-0.1, -0.05) is 6.07 Å². The molecule has 11 heteroatoms. The summed E-state index contributed by atoms with van der Waals surface area (Å²) in [5.41, 5.74) is 13.9. The van der Waals surface area contributed by atoms with Crippen LogP contribution >= 0.6 is 0 Å². The van der Waals surface area contributed by atoms with Crippen LogP contribution in [0.1, 0.15) is 50.7 Å². The van der Waals surface area contributed by atoms with E-state index in [0.29, 0.717) is 44.3 Å². The number of amides is 3. The van der Waals surface area contributed by atoms with Gasteiger partial charge in [0.05, 0.1) is 11.2 Å². The summed E-state index contributed by atoms with van der Waals surface area (Å²) in [5, 5.41) is 6.51. The van der Waals surface area contributed by atoms with Gasteiger partial charge in [-0.2, -0.15) is 4.98 Å².